The molecule has 2 atom stereocenters. The third kappa shape index (κ3) is 5.86. The van der Waals surface area contributed by atoms with E-state index >= 15 is 0 Å². The molecule has 1 saturated heterocycles. The minimum absolute atomic E-state index is 0.0866. The second-order valence-electron chi connectivity index (χ2n) is 10.3. The monoisotopic (exact) mass is 566 g/mol. The van der Waals surface area contributed by atoms with E-state index < -0.39 is 12.1 Å². The van der Waals surface area contributed by atoms with Crippen molar-refractivity contribution in [2.75, 3.05) is 23.7 Å². The molecule has 2 aliphatic heterocycles. The highest BCUT2D eigenvalue weighted by molar-refractivity contribution is 5.97. The first kappa shape index (κ1) is 27.2. The predicted molar refractivity (Wildman–Crippen MR) is 155 cm³/mol. The van der Waals surface area contributed by atoms with Gasteiger partial charge in [-0.3, -0.25) is 19.3 Å². The van der Waals surface area contributed by atoms with Crippen LogP contribution < -0.4 is 10.6 Å². The van der Waals surface area contributed by atoms with Crippen LogP contribution in [0.5, 0.6) is 0 Å². The standard InChI is InChI=1S/C31H30N6O5/c1-20(38)37-17-3-5-27(37)30(40)35-23-10-6-21(7-11-23)28-18-32-31(41-28)22-8-12-24(13-9-22)34-29(39)26-4-2-16-36(26)19-25-14-15-33-42-25/h2,4,6-15,18,26-27H,3,5,16-17,19H2,1H3,(H,34,39)(H,35,40). The molecule has 0 radical (unpaired) electrons. The quantitative estimate of drug-likeness (QED) is 0.301. The Hall–Kier alpha value is -5.03. The first-order valence-corrected chi connectivity index (χ1v) is 13.8. The summed E-state index contributed by atoms with van der Waals surface area (Å²) in [5, 5.41) is 9.60. The van der Waals surface area contributed by atoms with Gasteiger partial charge in [0.05, 0.1) is 18.9 Å². The van der Waals surface area contributed by atoms with Crippen LogP contribution in [0.1, 0.15) is 25.5 Å². The van der Waals surface area contributed by atoms with Gasteiger partial charge in [-0.2, -0.15) is 0 Å². The molecule has 11 nitrogen and oxygen atoms in total. The molecule has 6 rings (SSSR count). The lowest BCUT2D eigenvalue weighted by atomic mass is 10.1. The van der Waals surface area contributed by atoms with E-state index in [4.69, 9.17) is 8.94 Å². The minimum atomic E-state index is -0.432. The molecule has 11 heteroatoms. The summed E-state index contributed by atoms with van der Waals surface area (Å²) < 4.78 is 11.2. The first-order valence-electron chi connectivity index (χ1n) is 13.8. The number of amides is 3. The molecule has 42 heavy (non-hydrogen) atoms. The van der Waals surface area contributed by atoms with E-state index in [1.54, 1.807) is 35.5 Å². The van der Waals surface area contributed by atoms with E-state index in [0.717, 1.165) is 17.5 Å². The summed E-state index contributed by atoms with van der Waals surface area (Å²) in [6.07, 6.45) is 8.58. The van der Waals surface area contributed by atoms with Crippen LogP contribution >= 0.6 is 0 Å². The fourth-order valence-electron chi connectivity index (χ4n) is 5.31. The van der Waals surface area contributed by atoms with Gasteiger partial charge in [-0.1, -0.05) is 17.3 Å². The largest absolute Gasteiger partial charge is 0.436 e. The Bertz CT molecular complexity index is 1590. The Labute approximate surface area is 242 Å². The average Bonchev–Trinajstić information content (AvgIpc) is 3.81. The Morgan fingerprint density at radius 3 is 2.36 bits per heavy atom. The Morgan fingerprint density at radius 2 is 1.67 bits per heavy atom. The summed E-state index contributed by atoms with van der Waals surface area (Å²) in [5.41, 5.74) is 2.88. The van der Waals surface area contributed by atoms with E-state index in [1.807, 2.05) is 53.5 Å². The summed E-state index contributed by atoms with van der Waals surface area (Å²) in [7, 11) is 0. The summed E-state index contributed by atoms with van der Waals surface area (Å²) >= 11 is 0. The topological polar surface area (TPSA) is 134 Å². The molecule has 0 aliphatic carbocycles. The molecule has 2 aromatic carbocycles. The van der Waals surface area contributed by atoms with Crippen LogP contribution in [0.25, 0.3) is 22.8 Å². The summed E-state index contributed by atoms with van der Waals surface area (Å²) in [6.45, 7) is 3.25. The van der Waals surface area contributed by atoms with E-state index in [9.17, 15) is 14.4 Å². The molecule has 0 saturated carbocycles. The third-order valence-electron chi connectivity index (χ3n) is 7.47. The average molecular weight is 567 g/mol. The second-order valence-corrected chi connectivity index (χ2v) is 10.3. The van der Waals surface area contributed by atoms with Gasteiger partial charge in [0, 0.05) is 48.6 Å². The van der Waals surface area contributed by atoms with Crippen molar-refractivity contribution in [2.24, 2.45) is 0 Å². The molecule has 4 aromatic rings. The highest BCUT2D eigenvalue weighted by Crippen LogP contribution is 2.28. The number of rotatable bonds is 8. The number of oxazole rings is 1. The summed E-state index contributed by atoms with van der Waals surface area (Å²) in [6, 6.07) is 15.5. The van der Waals surface area contributed by atoms with Gasteiger partial charge in [-0.15, -0.1) is 0 Å². The lowest BCUT2D eigenvalue weighted by Gasteiger charge is -2.22. The summed E-state index contributed by atoms with van der Waals surface area (Å²) in [5.74, 6) is 1.34. The van der Waals surface area contributed by atoms with Crippen molar-refractivity contribution in [1.29, 1.82) is 0 Å². The van der Waals surface area contributed by atoms with E-state index in [2.05, 4.69) is 20.8 Å². The van der Waals surface area contributed by atoms with Crippen LogP contribution in [-0.2, 0) is 20.9 Å². The fraction of sp³-hybridized carbons (Fsp3) is 0.258. The van der Waals surface area contributed by atoms with Gasteiger partial charge >= 0.3 is 0 Å². The molecule has 2 N–H and O–H groups in total. The SMILES string of the molecule is CC(=O)N1CCCC1C(=O)Nc1ccc(-c2cnc(-c3ccc(NC(=O)C4C=CCN4Cc4ccno4)cc3)o2)cc1. The molecule has 2 unspecified atom stereocenters. The van der Waals surface area contributed by atoms with Crippen LogP contribution in [0.4, 0.5) is 11.4 Å². The maximum Gasteiger partial charge on any atom is 0.247 e. The van der Waals surface area contributed by atoms with Crippen LogP contribution in [0, 0.1) is 0 Å². The number of nitrogens with one attached hydrogen (secondary N) is 2. The van der Waals surface area contributed by atoms with Crippen molar-refractivity contribution in [3.63, 3.8) is 0 Å². The Balaban J connectivity index is 1.05. The van der Waals surface area contributed by atoms with E-state index in [-0.39, 0.29) is 17.7 Å². The summed E-state index contributed by atoms with van der Waals surface area (Å²) in [4.78, 5) is 45.5. The highest BCUT2D eigenvalue weighted by atomic mass is 16.5. The molecule has 2 aromatic heterocycles. The van der Waals surface area contributed by atoms with Crippen LogP contribution in [0.15, 0.2) is 88.1 Å². The first-order chi connectivity index (χ1) is 20.4. The van der Waals surface area contributed by atoms with E-state index in [1.165, 1.54) is 6.92 Å². The van der Waals surface area contributed by atoms with Crippen molar-refractivity contribution >= 4 is 29.1 Å². The highest BCUT2D eigenvalue weighted by Gasteiger charge is 2.32. The maximum absolute atomic E-state index is 12.9. The number of aromatic nitrogens is 2. The number of hydrogen-bond donors (Lipinski definition) is 2. The molecule has 214 valence electrons. The second kappa shape index (κ2) is 11.8. The molecule has 1 fully saturated rings. The zero-order valence-corrected chi connectivity index (χ0v) is 23.0. The smallest absolute Gasteiger partial charge is 0.247 e. The number of likely N-dealkylation sites (tertiary alicyclic amines) is 1. The van der Waals surface area contributed by atoms with Gasteiger partial charge in [0.2, 0.25) is 23.6 Å². The number of benzene rings is 2. The normalized spacial score (nSPS) is 18.4. The van der Waals surface area contributed by atoms with Crippen molar-refractivity contribution in [1.82, 2.24) is 19.9 Å². The van der Waals surface area contributed by atoms with Gasteiger partial charge in [-0.05, 0) is 61.4 Å². The Morgan fingerprint density at radius 1 is 0.952 bits per heavy atom. The Kier molecular flexibility index (Phi) is 7.65. The van der Waals surface area contributed by atoms with Crippen molar-refractivity contribution in [2.45, 2.75) is 38.4 Å². The zero-order chi connectivity index (χ0) is 29.1. The molecule has 2 aliphatic rings. The minimum Gasteiger partial charge on any atom is -0.436 e. The number of hydrogen-bond acceptors (Lipinski definition) is 8. The van der Waals surface area contributed by atoms with Gasteiger partial charge in [0.15, 0.2) is 11.5 Å². The number of nitrogens with zero attached hydrogens (tertiary/aromatic N) is 4. The van der Waals surface area contributed by atoms with Crippen molar-refractivity contribution in [3.05, 3.63) is 84.9 Å². The lowest BCUT2D eigenvalue weighted by molar-refractivity contribution is -0.134. The van der Waals surface area contributed by atoms with Crippen LogP contribution in [0.2, 0.25) is 0 Å². The van der Waals surface area contributed by atoms with Gasteiger partial charge in [-0.25, -0.2) is 4.98 Å². The van der Waals surface area contributed by atoms with Crippen molar-refractivity contribution < 1.29 is 23.3 Å². The lowest BCUT2D eigenvalue weighted by Crippen LogP contribution is -2.42. The maximum atomic E-state index is 12.9. The number of carbonyl (C=O) groups excluding carboxylic acids is 3. The zero-order valence-electron chi connectivity index (χ0n) is 23.0. The molecule has 4 heterocycles. The van der Waals surface area contributed by atoms with Crippen LogP contribution in [-0.4, -0.2) is 62.8 Å². The van der Waals surface area contributed by atoms with Crippen LogP contribution in [0.3, 0.4) is 0 Å². The molecule has 0 bridgehead atoms. The molecule has 0 spiro atoms. The third-order valence-corrected chi connectivity index (χ3v) is 7.47. The van der Waals surface area contributed by atoms with Gasteiger partial charge in [0.25, 0.3) is 0 Å². The van der Waals surface area contributed by atoms with Gasteiger partial charge < -0.3 is 24.5 Å². The van der Waals surface area contributed by atoms with E-state index in [0.29, 0.717) is 54.8 Å². The number of anilines is 2. The fourth-order valence-corrected chi connectivity index (χ4v) is 5.31. The van der Waals surface area contributed by atoms with Gasteiger partial charge in [0.1, 0.15) is 12.1 Å². The predicted octanol–water partition coefficient (Wildman–Crippen LogP) is 4.33. The van der Waals surface area contributed by atoms with Crippen molar-refractivity contribution in [3.8, 4) is 22.8 Å². The molecular weight excluding hydrogens is 536 g/mol. The molecule has 3 amide bonds. The molecular formula is C31H30N6O5. The number of carbonyl (C=O) groups is 3.